The number of Topliss-reactive ketones (excluding diaryl/α,β-unsaturated/α-hetero) is 1. The molecule has 0 aromatic heterocycles. The maximum absolute atomic E-state index is 13.0. The van der Waals surface area contributed by atoms with E-state index in [-0.39, 0.29) is 18.0 Å². The molecule has 0 amide bonds. The first kappa shape index (κ1) is 19.3. The molecule has 1 aromatic carbocycles. The van der Waals surface area contributed by atoms with Gasteiger partial charge in [-0.1, -0.05) is 0 Å². The summed E-state index contributed by atoms with van der Waals surface area (Å²) in [6, 6.07) is 3.85. The van der Waals surface area contributed by atoms with Crippen molar-refractivity contribution in [3.05, 3.63) is 29.8 Å². The van der Waals surface area contributed by atoms with Crippen LogP contribution in [-0.4, -0.2) is 68.6 Å². The van der Waals surface area contributed by atoms with E-state index in [4.69, 9.17) is 4.74 Å². The fraction of sp³-hybridized carbons (Fsp3) is 0.562. The molecule has 6 nitrogen and oxygen atoms in total. The lowest BCUT2D eigenvalue weighted by atomic mass is 10.0. The molecule has 2 aliphatic heterocycles. The number of carbonyl (C=O) groups is 1. The molecule has 1 spiro atoms. The minimum absolute atomic E-state index is 0.153. The molecule has 26 heavy (non-hydrogen) atoms. The second kappa shape index (κ2) is 6.59. The minimum Gasteiger partial charge on any atom is -0.358 e. The van der Waals surface area contributed by atoms with Crippen molar-refractivity contribution < 1.29 is 31.1 Å². The fourth-order valence-corrected chi connectivity index (χ4v) is 5.09. The Bertz CT molecular complexity index is 785. The quantitative estimate of drug-likeness (QED) is 0.735. The average Bonchev–Trinajstić information content (AvgIpc) is 3.00. The van der Waals surface area contributed by atoms with Gasteiger partial charge in [-0.2, -0.15) is 17.5 Å². The molecule has 144 valence electrons. The summed E-state index contributed by atoms with van der Waals surface area (Å²) in [5.74, 6) is -2.00. The number of sulfonamides is 1. The number of piperidine rings is 1. The van der Waals surface area contributed by atoms with E-state index in [1.165, 1.54) is 4.31 Å². The van der Waals surface area contributed by atoms with Crippen molar-refractivity contribution in [2.75, 3.05) is 33.3 Å². The summed E-state index contributed by atoms with van der Waals surface area (Å²) in [4.78, 5) is 13.2. The number of benzene rings is 1. The number of nitrogens with zero attached hydrogens (tertiary/aromatic N) is 2. The zero-order valence-corrected chi connectivity index (χ0v) is 14.9. The van der Waals surface area contributed by atoms with Gasteiger partial charge in [0.15, 0.2) is 0 Å². The summed E-state index contributed by atoms with van der Waals surface area (Å²) in [5.41, 5.74) is -1.51. The molecule has 0 N–H and O–H groups in total. The number of hydrogen-bond donors (Lipinski definition) is 0. The van der Waals surface area contributed by atoms with E-state index in [2.05, 4.69) is 4.90 Å². The predicted molar refractivity (Wildman–Crippen MR) is 86.1 cm³/mol. The van der Waals surface area contributed by atoms with E-state index in [0.29, 0.717) is 25.9 Å². The first-order chi connectivity index (χ1) is 12.1. The molecule has 10 heteroatoms. The molecular weight excluding hydrogens is 373 g/mol. The van der Waals surface area contributed by atoms with Crippen molar-refractivity contribution >= 4 is 15.8 Å². The van der Waals surface area contributed by atoms with Crippen LogP contribution in [0.2, 0.25) is 0 Å². The van der Waals surface area contributed by atoms with Gasteiger partial charge in [-0.25, -0.2) is 8.42 Å². The minimum atomic E-state index is -5.00. The van der Waals surface area contributed by atoms with E-state index in [0.717, 1.165) is 24.3 Å². The van der Waals surface area contributed by atoms with Crippen LogP contribution in [-0.2, 0) is 14.8 Å². The predicted octanol–water partition coefficient (Wildman–Crippen LogP) is 1.87. The zero-order valence-electron chi connectivity index (χ0n) is 14.1. The van der Waals surface area contributed by atoms with Gasteiger partial charge in [0.25, 0.3) is 5.78 Å². The molecule has 0 bridgehead atoms. The van der Waals surface area contributed by atoms with Gasteiger partial charge in [0.05, 0.1) is 11.5 Å². The van der Waals surface area contributed by atoms with Crippen LogP contribution in [0.4, 0.5) is 13.2 Å². The van der Waals surface area contributed by atoms with Crippen LogP contribution >= 0.6 is 0 Å². The molecule has 3 rings (SSSR count). The van der Waals surface area contributed by atoms with Crippen molar-refractivity contribution in [2.45, 2.75) is 29.6 Å². The highest BCUT2D eigenvalue weighted by Crippen LogP contribution is 2.38. The highest BCUT2D eigenvalue weighted by atomic mass is 32.2. The molecule has 0 radical (unpaired) electrons. The Morgan fingerprint density at radius 2 is 1.69 bits per heavy atom. The number of likely N-dealkylation sites (tertiary alicyclic amines) is 1. The molecule has 2 heterocycles. The van der Waals surface area contributed by atoms with E-state index >= 15 is 0 Å². The van der Waals surface area contributed by atoms with Gasteiger partial charge in [0.2, 0.25) is 10.0 Å². The summed E-state index contributed by atoms with van der Waals surface area (Å²) in [7, 11) is -2.00. The number of ether oxygens (including phenoxy) is 1. The van der Waals surface area contributed by atoms with Gasteiger partial charge in [-0.15, -0.1) is 0 Å². The second-order valence-electron chi connectivity index (χ2n) is 6.53. The van der Waals surface area contributed by atoms with Crippen LogP contribution in [0.1, 0.15) is 23.2 Å². The summed E-state index contributed by atoms with van der Waals surface area (Å²) in [5, 5.41) is 0. The van der Waals surface area contributed by atoms with Gasteiger partial charge < -0.3 is 9.64 Å². The van der Waals surface area contributed by atoms with Crippen LogP contribution in [0.3, 0.4) is 0 Å². The van der Waals surface area contributed by atoms with Crippen LogP contribution in [0.25, 0.3) is 0 Å². The Morgan fingerprint density at radius 1 is 1.12 bits per heavy atom. The van der Waals surface area contributed by atoms with E-state index in [1.54, 1.807) is 0 Å². The maximum atomic E-state index is 13.0. The molecular formula is C16H19F3N2O4S. The Balaban J connectivity index is 1.87. The first-order valence-electron chi connectivity index (χ1n) is 8.13. The topological polar surface area (TPSA) is 66.9 Å². The lowest BCUT2D eigenvalue weighted by Gasteiger charge is -2.41. The van der Waals surface area contributed by atoms with Crippen molar-refractivity contribution in [2.24, 2.45) is 0 Å². The van der Waals surface area contributed by atoms with Gasteiger partial charge >= 0.3 is 6.18 Å². The molecule has 2 aliphatic rings. The number of hydrogen-bond acceptors (Lipinski definition) is 5. The molecule has 0 unspecified atom stereocenters. The van der Waals surface area contributed by atoms with Crippen LogP contribution < -0.4 is 0 Å². The smallest absolute Gasteiger partial charge is 0.358 e. The third kappa shape index (κ3) is 3.38. The largest absolute Gasteiger partial charge is 0.454 e. The number of carbonyl (C=O) groups excluding carboxylic acids is 1. The SMILES string of the molecule is CN1CCC2(CC1)OCCN2S(=O)(=O)c1ccc(C(=O)C(F)(F)F)cc1. The van der Waals surface area contributed by atoms with E-state index in [9.17, 15) is 26.4 Å². The Kier molecular flexibility index (Phi) is 4.89. The molecule has 0 atom stereocenters. The van der Waals surface area contributed by atoms with Crippen LogP contribution in [0, 0.1) is 0 Å². The summed E-state index contributed by atoms with van der Waals surface area (Å²) in [6.07, 6.45) is -3.96. The third-order valence-corrected chi connectivity index (χ3v) is 6.81. The number of rotatable bonds is 3. The van der Waals surface area contributed by atoms with E-state index < -0.39 is 33.3 Å². The summed E-state index contributed by atoms with van der Waals surface area (Å²) >= 11 is 0. The molecule has 2 fully saturated rings. The highest BCUT2D eigenvalue weighted by Gasteiger charge is 2.50. The zero-order chi connectivity index (χ0) is 19.2. The van der Waals surface area contributed by atoms with Crippen molar-refractivity contribution in [1.82, 2.24) is 9.21 Å². The lowest BCUT2D eigenvalue weighted by Crippen LogP contribution is -2.54. The number of alkyl halides is 3. The Labute approximate surface area is 149 Å². The second-order valence-corrected chi connectivity index (χ2v) is 8.39. The Morgan fingerprint density at radius 3 is 2.23 bits per heavy atom. The van der Waals surface area contributed by atoms with E-state index in [1.807, 2.05) is 7.05 Å². The number of halogens is 3. The Hall–Kier alpha value is -1.49. The van der Waals surface area contributed by atoms with Crippen molar-refractivity contribution in [1.29, 1.82) is 0 Å². The lowest BCUT2D eigenvalue weighted by molar-refractivity contribution is -0.0885. The van der Waals surface area contributed by atoms with Gasteiger partial charge in [0, 0.05) is 38.0 Å². The monoisotopic (exact) mass is 392 g/mol. The summed E-state index contributed by atoms with van der Waals surface area (Å²) in [6.45, 7) is 1.83. The summed E-state index contributed by atoms with van der Waals surface area (Å²) < 4.78 is 70.5. The van der Waals surface area contributed by atoms with Crippen molar-refractivity contribution in [3.8, 4) is 0 Å². The molecule has 2 saturated heterocycles. The first-order valence-corrected chi connectivity index (χ1v) is 9.57. The maximum Gasteiger partial charge on any atom is 0.454 e. The van der Waals surface area contributed by atoms with Gasteiger partial charge in [0.1, 0.15) is 5.72 Å². The average molecular weight is 392 g/mol. The standard InChI is InChI=1S/C16H19F3N2O4S/c1-20-8-6-15(7-9-20)21(10-11-25-15)26(23,24)13-4-2-12(3-5-13)14(22)16(17,18)19/h2-5H,6-11H2,1H3. The van der Waals surface area contributed by atoms with Gasteiger partial charge in [-0.3, -0.25) is 4.79 Å². The molecule has 0 saturated carbocycles. The third-order valence-electron chi connectivity index (χ3n) is 4.85. The molecule has 1 aromatic rings. The van der Waals surface area contributed by atoms with Crippen LogP contribution in [0.15, 0.2) is 29.2 Å². The van der Waals surface area contributed by atoms with Crippen LogP contribution in [0.5, 0.6) is 0 Å². The van der Waals surface area contributed by atoms with Gasteiger partial charge in [-0.05, 0) is 31.3 Å². The molecule has 0 aliphatic carbocycles. The number of ketones is 1. The highest BCUT2D eigenvalue weighted by molar-refractivity contribution is 7.89. The van der Waals surface area contributed by atoms with Crippen molar-refractivity contribution in [3.63, 3.8) is 0 Å². The normalized spacial score (nSPS) is 22.0. The fourth-order valence-electron chi connectivity index (χ4n) is 3.36.